The Morgan fingerprint density at radius 3 is 3.00 bits per heavy atom. The average molecular weight is 336 g/mol. The minimum atomic E-state index is 0.381. The van der Waals surface area contributed by atoms with Crippen molar-refractivity contribution in [3.05, 3.63) is 60.3 Å². The maximum atomic E-state index is 9.41. The molecule has 126 valence electrons. The Balaban J connectivity index is 1.85. The van der Waals surface area contributed by atoms with Crippen LogP contribution in [0.25, 0.3) is 27.9 Å². The van der Waals surface area contributed by atoms with E-state index in [2.05, 4.69) is 10.1 Å². The average Bonchev–Trinajstić information content (AvgIpc) is 3.13. The van der Waals surface area contributed by atoms with Crippen LogP contribution in [0.4, 0.5) is 0 Å². The van der Waals surface area contributed by atoms with Crippen LogP contribution in [0.15, 0.2) is 64.6 Å². The standard InChI is InChI=1S/C18H16N4O3/c19-5-7-24-13-3-4-17-14(9-13)15(21-23)10-18(25-17)16-8-12-2-1-6-22(12)11-20-16/h1-4,6,8-11,23H,5,7,19H2. The molecule has 0 spiro atoms. The molecule has 0 bridgehead atoms. The summed E-state index contributed by atoms with van der Waals surface area (Å²) in [7, 11) is 0. The molecular formula is C18H16N4O3. The molecule has 1 aromatic carbocycles. The fourth-order valence-corrected chi connectivity index (χ4v) is 2.69. The molecular weight excluding hydrogens is 320 g/mol. The van der Waals surface area contributed by atoms with Crippen molar-refractivity contribution in [1.82, 2.24) is 9.38 Å². The Bertz CT molecular complexity index is 1110. The maximum absolute atomic E-state index is 9.41. The number of ether oxygens (including phenoxy) is 1. The van der Waals surface area contributed by atoms with E-state index in [1.807, 2.05) is 28.8 Å². The van der Waals surface area contributed by atoms with Crippen molar-refractivity contribution in [2.45, 2.75) is 0 Å². The Morgan fingerprint density at radius 2 is 2.16 bits per heavy atom. The largest absolute Gasteiger partial charge is 0.492 e. The molecule has 0 aliphatic heterocycles. The maximum Gasteiger partial charge on any atom is 0.155 e. The van der Waals surface area contributed by atoms with Crippen LogP contribution >= 0.6 is 0 Å². The second-order valence-corrected chi connectivity index (χ2v) is 5.51. The molecule has 0 aliphatic carbocycles. The summed E-state index contributed by atoms with van der Waals surface area (Å²) in [5.41, 5.74) is 7.67. The molecule has 0 amide bonds. The Kier molecular flexibility index (Phi) is 3.83. The lowest BCUT2D eigenvalue weighted by atomic mass is 10.2. The third-order valence-corrected chi connectivity index (χ3v) is 3.88. The van der Waals surface area contributed by atoms with Gasteiger partial charge in [0.05, 0.1) is 11.7 Å². The van der Waals surface area contributed by atoms with Gasteiger partial charge in [-0.2, -0.15) is 0 Å². The molecule has 3 aromatic heterocycles. The van der Waals surface area contributed by atoms with E-state index in [-0.39, 0.29) is 0 Å². The highest BCUT2D eigenvalue weighted by atomic mass is 16.5. The second kappa shape index (κ2) is 6.29. The third kappa shape index (κ3) is 2.81. The number of nitrogens with zero attached hydrogens (tertiary/aromatic N) is 3. The van der Waals surface area contributed by atoms with E-state index in [4.69, 9.17) is 14.9 Å². The monoisotopic (exact) mass is 336 g/mol. The lowest BCUT2D eigenvalue weighted by Crippen LogP contribution is -2.11. The normalized spacial score (nSPS) is 12.1. The summed E-state index contributed by atoms with van der Waals surface area (Å²) in [6.07, 6.45) is 3.63. The van der Waals surface area contributed by atoms with Crippen LogP contribution in [-0.2, 0) is 0 Å². The van der Waals surface area contributed by atoms with E-state index in [9.17, 15) is 5.21 Å². The first-order valence-electron chi connectivity index (χ1n) is 7.80. The molecule has 7 nitrogen and oxygen atoms in total. The van der Waals surface area contributed by atoms with Gasteiger partial charge in [-0.3, -0.25) is 0 Å². The van der Waals surface area contributed by atoms with Crippen LogP contribution in [0.1, 0.15) is 0 Å². The van der Waals surface area contributed by atoms with E-state index in [0.29, 0.717) is 46.7 Å². The van der Waals surface area contributed by atoms with Crippen LogP contribution in [-0.4, -0.2) is 27.7 Å². The summed E-state index contributed by atoms with van der Waals surface area (Å²) >= 11 is 0. The quantitative estimate of drug-likeness (QED) is 0.440. The summed E-state index contributed by atoms with van der Waals surface area (Å²) in [5, 5.41) is 13.8. The van der Waals surface area contributed by atoms with Gasteiger partial charge in [-0.15, -0.1) is 0 Å². The SMILES string of the molecule is NCCOc1ccc2oc(-c3cc4cccn4cn3)cc(=NO)c2c1. The summed E-state index contributed by atoms with van der Waals surface area (Å²) in [6.45, 7) is 0.833. The lowest BCUT2D eigenvalue weighted by Gasteiger charge is -2.07. The van der Waals surface area contributed by atoms with Gasteiger partial charge < -0.3 is 24.5 Å². The topological polar surface area (TPSA) is 98.3 Å². The van der Waals surface area contributed by atoms with Crippen molar-refractivity contribution < 1.29 is 14.4 Å². The lowest BCUT2D eigenvalue weighted by molar-refractivity contribution is 0.302. The van der Waals surface area contributed by atoms with E-state index in [1.165, 1.54) is 0 Å². The van der Waals surface area contributed by atoms with E-state index in [0.717, 1.165) is 5.52 Å². The molecule has 0 fully saturated rings. The number of fused-ring (bicyclic) bond motifs is 2. The van der Waals surface area contributed by atoms with Crippen LogP contribution in [0, 0.1) is 0 Å². The zero-order valence-electron chi connectivity index (χ0n) is 13.3. The van der Waals surface area contributed by atoms with Gasteiger partial charge in [-0.05, 0) is 36.4 Å². The van der Waals surface area contributed by atoms with Crippen molar-refractivity contribution in [3.63, 3.8) is 0 Å². The van der Waals surface area contributed by atoms with Gasteiger partial charge in [0.1, 0.15) is 29.0 Å². The smallest absolute Gasteiger partial charge is 0.155 e. The number of benzene rings is 1. The highest BCUT2D eigenvalue weighted by molar-refractivity contribution is 5.80. The predicted molar refractivity (Wildman–Crippen MR) is 92.3 cm³/mol. The summed E-state index contributed by atoms with van der Waals surface area (Å²) in [4.78, 5) is 4.40. The highest BCUT2D eigenvalue weighted by Crippen LogP contribution is 2.24. The molecule has 7 heteroatoms. The molecule has 0 atom stereocenters. The van der Waals surface area contributed by atoms with Crippen molar-refractivity contribution in [1.29, 1.82) is 0 Å². The zero-order valence-corrected chi connectivity index (χ0v) is 13.3. The first-order valence-corrected chi connectivity index (χ1v) is 7.80. The number of aromatic nitrogens is 2. The molecule has 3 N–H and O–H groups in total. The van der Waals surface area contributed by atoms with Gasteiger partial charge in [0.25, 0.3) is 0 Å². The highest BCUT2D eigenvalue weighted by Gasteiger charge is 2.09. The molecule has 0 saturated heterocycles. The molecule has 0 aliphatic rings. The summed E-state index contributed by atoms with van der Waals surface area (Å²) in [6, 6.07) is 12.8. The van der Waals surface area contributed by atoms with Gasteiger partial charge in [0.15, 0.2) is 5.76 Å². The van der Waals surface area contributed by atoms with Gasteiger partial charge in [0, 0.05) is 24.3 Å². The van der Waals surface area contributed by atoms with Crippen molar-refractivity contribution in [2.75, 3.05) is 13.2 Å². The molecule has 25 heavy (non-hydrogen) atoms. The minimum absolute atomic E-state index is 0.381. The van der Waals surface area contributed by atoms with Crippen LogP contribution < -0.4 is 15.8 Å². The number of hydrogen-bond donors (Lipinski definition) is 2. The molecule has 0 radical (unpaired) electrons. The Hall–Kier alpha value is -3.32. The van der Waals surface area contributed by atoms with Crippen molar-refractivity contribution in [2.24, 2.45) is 10.9 Å². The Labute approximate surface area is 142 Å². The zero-order chi connectivity index (χ0) is 17.2. The third-order valence-electron chi connectivity index (χ3n) is 3.88. The van der Waals surface area contributed by atoms with Gasteiger partial charge >= 0.3 is 0 Å². The van der Waals surface area contributed by atoms with Crippen molar-refractivity contribution >= 4 is 16.5 Å². The van der Waals surface area contributed by atoms with Crippen molar-refractivity contribution in [3.8, 4) is 17.2 Å². The summed E-state index contributed by atoms with van der Waals surface area (Å²) in [5.74, 6) is 1.15. The van der Waals surface area contributed by atoms with Gasteiger partial charge in [0.2, 0.25) is 0 Å². The Morgan fingerprint density at radius 1 is 1.24 bits per heavy atom. The second-order valence-electron chi connectivity index (χ2n) is 5.51. The fraction of sp³-hybridized carbons (Fsp3) is 0.111. The van der Waals surface area contributed by atoms with E-state index in [1.54, 1.807) is 30.6 Å². The van der Waals surface area contributed by atoms with Gasteiger partial charge in [-0.25, -0.2) is 4.98 Å². The molecule has 0 unspecified atom stereocenters. The van der Waals surface area contributed by atoms with E-state index < -0.39 is 0 Å². The van der Waals surface area contributed by atoms with Crippen LogP contribution in [0.5, 0.6) is 5.75 Å². The fourth-order valence-electron chi connectivity index (χ4n) is 2.69. The molecule has 4 aromatic rings. The molecule has 3 heterocycles. The predicted octanol–water partition coefficient (Wildman–Crippen LogP) is 2.37. The molecule has 0 saturated carbocycles. The van der Waals surface area contributed by atoms with Crippen LogP contribution in [0.3, 0.4) is 0 Å². The minimum Gasteiger partial charge on any atom is -0.492 e. The first-order chi connectivity index (χ1) is 12.3. The number of hydrogen-bond acceptors (Lipinski definition) is 6. The summed E-state index contributed by atoms with van der Waals surface area (Å²) < 4.78 is 13.4. The van der Waals surface area contributed by atoms with E-state index >= 15 is 0 Å². The number of rotatable bonds is 4. The van der Waals surface area contributed by atoms with Crippen LogP contribution in [0.2, 0.25) is 0 Å². The number of nitrogens with two attached hydrogens (primary N) is 1. The first kappa shape index (κ1) is 15.2. The van der Waals surface area contributed by atoms with Gasteiger partial charge in [-0.1, -0.05) is 5.16 Å². The molecule has 4 rings (SSSR count).